The smallest absolute Gasteiger partial charge is 0.410 e. The fourth-order valence-corrected chi connectivity index (χ4v) is 1.34. The summed E-state index contributed by atoms with van der Waals surface area (Å²) in [5.41, 5.74) is 0.906. The van der Waals surface area contributed by atoms with Crippen LogP contribution in [0.3, 0.4) is 0 Å². The molecule has 0 radical (unpaired) electrons. The number of aromatic nitrogens is 1. The van der Waals surface area contributed by atoms with Crippen LogP contribution in [-0.2, 0) is 0 Å². The van der Waals surface area contributed by atoms with Crippen molar-refractivity contribution in [3.05, 3.63) is 54.2 Å². The molecule has 86 valence electrons. The lowest BCUT2D eigenvalue weighted by atomic mass is 10.2. The maximum atomic E-state index is 11.6. The lowest BCUT2D eigenvalue weighted by Gasteiger charge is -2.07. The van der Waals surface area contributed by atoms with Crippen LogP contribution in [0.1, 0.15) is 5.56 Å². The summed E-state index contributed by atoms with van der Waals surface area (Å²) in [6.07, 6.45) is 1.06. The molecule has 0 aliphatic rings. The van der Waals surface area contributed by atoms with Gasteiger partial charge in [-0.2, -0.15) is 0 Å². The molecular weight excluding hydrogens is 216 g/mol. The van der Waals surface area contributed by atoms with Gasteiger partial charge >= 0.3 is 6.09 Å². The van der Waals surface area contributed by atoms with E-state index in [1.807, 2.05) is 25.1 Å². The molecule has 0 bridgehead atoms. The van der Waals surface area contributed by atoms with Gasteiger partial charge in [-0.05, 0) is 30.7 Å². The molecule has 0 aliphatic heterocycles. The molecular formula is C13H12N2O2. The molecule has 0 atom stereocenters. The molecule has 1 N–H and O–H groups in total. The molecule has 1 aromatic carbocycles. The maximum absolute atomic E-state index is 11.6. The van der Waals surface area contributed by atoms with Gasteiger partial charge in [0.25, 0.3) is 0 Å². The summed E-state index contributed by atoms with van der Waals surface area (Å²) in [6, 6.07) is 12.6. The molecule has 17 heavy (non-hydrogen) atoms. The third-order valence-corrected chi connectivity index (χ3v) is 2.19. The van der Waals surface area contributed by atoms with Gasteiger partial charge < -0.3 is 4.74 Å². The van der Waals surface area contributed by atoms with E-state index in [9.17, 15) is 4.79 Å². The first-order valence-corrected chi connectivity index (χ1v) is 5.21. The highest BCUT2D eigenvalue weighted by Crippen LogP contribution is 2.16. The third kappa shape index (κ3) is 3.04. The van der Waals surface area contributed by atoms with Crippen LogP contribution >= 0.6 is 0 Å². The average molecular weight is 228 g/mol. The summed E-state index contributed by atoms with van der Waals surface area (Å²) in [5.74, 6) is 1.01. The maximum Gasteiger partial charge on any atom is 0.418 e. The summed E-state index contributed by atoms with van der Waals surface area (Å²) in [5, 5.41) is 2.55. The second-order valence-corrected chi connectivity index (χ2v) is 3.49. The number of pyridine rings is 1. The van der Waals surface area contributed by atoms with Crippen molar-refractivity contribution < 1.29 is 9.53 Å². The third-order valence-electron chi connectivity index (χ3n) is 2.19. The van der Waals surface area contributed by atoms with E-state index in [0.717, 1.165) is 5.56 Å². The zero-order chi connectivity index (χ0) is 12.1. The molecule has 0 aliphatic carbocycles. The molecule has 1 heterocycles. The van der Waals surface area contributed by atoms with Crippen molar-refractivity contribution in [3.63, 3.8) is 0 Å². The standard InChI is InChI=1S/C13H12N2O2/c1-10-6-2-3-7-11(10)17-13(16)15-12-8-4-5-9-14-12/h2-9H,1H3,(H,14,15,16). The van der Waals surface area contributed by atoms with Crippen molar-refractivity contribution >= 4 is 11.9 Å². The SMILES string of the molecule is Cc1ccccc1OC(=O)Nc1ccccn1. The molecule has 4 nitrogen and oxygen atoms in total. The van der Waals surface area contributed by atoms with E-state index in [-0.39, 0.29) is 0 Å². The zero-order valence-corrected chi connectivity index (χ0v) is 9.38. The topological polar surface area (TPSA) is 51.2 Å². The van der Waals surface area contributed by atoms with Crippen LogP contribution in [0, 0.1) is 6.92 Å². The van der Waals surface area contributed by atoms with Crippen molar-refractivity contribution in [2.45, 2.75) is 6.92 Å². The van der Waals surface area contributed by atoms with Crippen LogP contribution in [0.5, 0.6) is 5.75 Å². The summed E-state index contributed by atoms with van der Waals surface area (Å²) in [7, 11) is 0. The molecule has 0 unspecified atom stereocenters. The second kappa shape index (κ2) is 5.12. The second-order valence-electron chi connectivity index (χ2n) is 3.49. The van der Waals surface area contributed by atoms with Crippen LogP contribution < -0.4 is 10.1 Å². The van der Waals surface area contributed by atoms with Gasteiger partial charge in [0.15, 0.2) is 0 Å². The molecule has 2 rings (SSSR count). The number of nitrogens with zero attached hydrogens (tertiary/aromatic N) is 1. The number of hydrogen-bond acceptors (Lipinski definition) is 3. The Hall–Kier alpha value is -2.36. The van der Waals surface area contributed by atoms with E-state index in [4.69, 9.17) is 4.74 Å². The van der Waals surface area contributed by atoms with E-state index < -0.39 is 6.09 Å². The summed E-state index contributed by atoms with van der Waals surface area (Å²) in [6.45, 7) is 1.88. The molecule has 0 saturated carbocycles. The van der Waals surface area contributed by atoms with Gasteiger partial charge in [0.1, 0.15) is 11.6 Å². The number of hydrogen-bond donors (Lipinski definition) is 1. The van der Waals surface area contributed by atoms with Crippen LogP contribution in [0.2, 0.25) is 0 Å². The predicted octanol–water partition coefficient (Wildman–Crippen LogP) is 3.00. The van der Waals surface area contributed by atoms with Gasteiger partial charge in [-0.1, -0.05) is 24.3 Å². The highest BCUT2D eigenvalue weighted by Gasteiger charge is 2.06. The highest BCUT2D eigenvalue weighted by molar-refractivity contribution is 5.85. The fraction of sp³-hybridized carbons (Fsp3) is 0.0769. The van der Waals surface area contributed by atoms with Crippen molar-refractivity contribution in [1.82, 2.24) is 4.98 Å². The van der Waals surface area contributed by atoms with Crippen LogP contribution in [0.15, 0.2) is 48.7 Å². The molecule has 0 saturated heterocycles. The lowest BCUT2D eigenvalue weighted by Crippen LogP contribution is -2.17. The number of carbonyl (C=O) groups excluding carboxylic acids is 1. The van der Waals surface area contributed by atoms with Crippen molar-refractivity contribution in [1.29, 1.82) is 0 Å². The number of para-hydroxylation sites is 1. The predicted molar refractivity (Wildman–Crippen MR) is 65.1 cm³/mol. The Morgan fingerprint density at radius 1 is 1.18 bits per heavy atom. The molecule has 4 heteroatoms. The zero-order valence-electron chi connectivity index (χ0n) is 9.38. The first kappa shape index (κ1) is 11.1. The molecule has 1 aromatic heterocycles. The van der Waals surface area contributed by atoms with Gasteiger partial charge in [-0.3, -0.25) is 5.32 Å². The van der Waals surface area contributed by atoms with Gasteiger partial charge in [-0.15, -0.1) is 0 Å². The molecule has 2 aromatic rings. The number of anilines is 1. The quantitative estimate of drug-likeness (QED) is 0.859. The summed E-state index contributed by atoms with van der Waals surface area (Å²) >= 11 is 0. The van der Waals surface area contributed by atoms with Crippen molar-refractivity contribution in [3.8, 4) is 5.75 Å². The van der Waals surface area contributed by atoms with E-state index >= 15 is 0 Å². The summed E-state index contributed by atoms with van der Waals surface area (Å²) < 4.78 is 5.16. The molecule has 0 spiro atoms. The minimum absolute atomic E-state index is 0.464. The average Bonchev–Trinajstić information content (AvgIpc) is 2.33. The fourth-order valence-electron chi connectivity index (χ4n) is 1.34. The largest absolute Gasteiger partial charge is 0.418 e. The van der Waals surface area contributed by atoms with Crippen LogP contribution in [-0.4, -0.2) is 11.1 Å². The minimum atomic E-state index is -0.544. The Labute approximate surface area is 99.3 Å². The highest BCUT2D eigenvalue weighted by atomic mass is 16.6. The lowest BCUT2D eigenvalue weighted by molar-refractivity contribution is 0.215. The normalized spacial score (nSPS) is 9.71. The Morgan fingerprint density at radius 2 is 1.94 bits per heavy atom. The van der Waals surface area contributed by atoms with Gasteiger partial charge in [-0.25, -0.2) is 9.78 Å². The van der Waals surface area contributed by atoms with E-state index in [2.05, 4.69) is 10.3 Å². The van der Waals surface area contributed by atoms with E-state index in [1.54, 1.807) is 30.5 Å². The Kier molecular flexibility index (Phi) is 3.35. The number of amides is 1. The number of benzene rings is 1. The number of ether oxygens (including phenoxy) is 1. The van der Waals surface area contributed by atoms with Gasteiger partial charge in [0, 0.05) is 6.20 Å². The van der Waals surface area contributed by atoms with Crippen molar-refractivity contribution in [2.24, 2.45) is 0 Å². The van der Waals surface area contributed by atoms with E-state index in [0.29, 0.717) is 11.6 Å². The number of rotatable bonds is 2. The van der Waals surface area contributed by atoms with Crippen LogP contribution in [0.4, 0.5) is 10.6 Å². The monoisotopic (exact) mass is 228 g/mol. The Bertz CT molecular complexity index is 512. The van der Waals surface area contributed by atoms with Crippen LogP contribution in [0.25, 0.3) is 0 Å². The molecule has 0 fully saturated rings. The minimum Gasteiger partial charge on any atom is -0.410 e. The number of aryl methyl sites for hydroxylation is 1. The Morgan fingerprint density at radius 3 is 2.65 bits per heavy atom. The summed E-state index contributed by atoms with van der Waals surface area (Å²) in [4.78, 5) is 15.5. The molecule has 1 amide bonds. The number of carbonyl (C=O) groups is 1. The van der Waals surface area contributed by atoms with Crippen molar-refractivity contribution in [2.75, 3.05) is 5.32 Å². The first-order valence-electron chi connectivity index (χ1n) is 5.21. The Balaban J connectivity index is 2.01. The van der Waals surface area contributed by atoms with Gasteiger partial charge in [0.05, 0.1) is 0 Å². The van der Waals surface area contributed by atoms with Gasteiger partial charge in [0.2, 0.25) is 0 Å². The first-order chi connectivity index (χ1) is 8.25. The van der Waals surface area contributed by atoms with E-state index in [1.165, 1.54) is 0 Å². The number of nitrogens with one attached hydrogen (secondary N) is 1.